The van der Waals surface area contributed by atoms with Gasteiger partial charge in [-0.15, -0.1) is 0 Å². The first-order valence-corrected chi connectivity index (χ1v) is 8.26. The third-order valence-electron chi connectivity index (χ3n) is 3.80. The lowest BCUT2D eigenvalue weighted by Gasteiger charge is -2.10. The van der Waals surface area contributed by atoms with Crippen molar-refractivity contribution in [3.63, 3.8) is 0 Å². The average Bonchev–Trinajstić information content (AvgIpc) is 2.65. The van der Waals surface area contributed by atoms with Crippen LogP contribution in [-0.4, -0.2) is 11.0 Å². The second-order valence-electron chi connectivity index (χ2n) is 5.93. The first-order chi connectivity index (χ1) is 13.0. The summed E-state index contributed by atoms with van der Waals surface area (Å²) in [5, 5.41) is 19.6. The number of anilines is 4. The van der Waals surface area contributed by atoms with Crippen LogP contribution in [0.5, 0.6) is 0 Å². The maximum atomic E-state index is 12.2. The number of nitrogens with one attached hydrogen (secondary N) is 3. The number of amides is 2. The van der Waals surface area contributed by atoms with Crippen molar-refractivity contribution in [2.24, 2.45) is 0 Å². The summed E-state index contributed by atoms with van der Waals surface area (Å²) < 4.78 is 0. The molecule has 2 amide bonds. The van der Waals surface area contributed by atoms with Crippen molar-refractivity contribution < 1.29 is 9.72 Å². The Labute approximate surface area is 156 Å². The Kier molecular flexibility index (Phi) is 5.32. The van der Waals surface area contributed by atoms with Crippen molar-refractivity contribution in [3.05, 3.63) is 88.5 Å². The van der Waals surface area contributed by atoms with Gasteiger partial charge in [-0.25, -0.2) is 4.79 Å². The number of aryl methyl sites for hydroxylation is 1. The number of benzene rings is 3. The summed E-state index contributed by atoms with van der Waals surface area (Å²) in [5.74, 6) is 0. The second-order valence-corrected chi connectivity index (χ2v) is 5.93. The van der Waals surface area contributed by atoms with E-state index in [0.29, 0.717) is 5.69 Å². The standard InChI is InChI=1S/C20H18N4O3/c1-14-7-12-18(19(13-14)24(26)27)23-20(25)22-17-10-8-16(9-11-17)21-15-5-3-2-4-6-15/h2-13,21H,1H3,(H2,22,23,25). The number of carbonyl (C=O) groups excluding carboxylic acids is 1. The van der Waals surface area contributed by atoms with Crippen molar-refractivity contribution in [2.75, 3.05) is 16.0 Å². The summed E-state index contributed by atoms with van der Waals surface area (Å²) in [6.07, 6.45) is 0. The summed E-state index contributed by atoms with van der Waals surface area (Å²) in [6.45, 7) is 1.75. The smallest absolute Gasteiger partial charge is 0.323 e. The Morgan fingerprint density at radius 2 is 1.48 bits per heavy atom. The molecule has 0 aliphatic rings. The van der Waals surface area contributed by atoms with Gasteiger partial charge in [0.25, 0.3) is 5.69 Å². The van der Waals surface area contributed by atoms with E-state index in [1.807, 2.05) is 42.5 Å². The van der Waals surface area contributed by atoms with Crippen molar-refractivity contribution in [1.82, 2.24) is 0 Å². The van der Waals surface area contributed by atoms with Crippen molar-refractivity contribution >= 4 is 34.5 Å². The van der Waals surface area contributed by atoms with Gasteiger partial charge in [0.15, 0.2) is 0 Å². The highest BCUT2D eigenvalue weighted by atomic mass is 16.6. The number of urea groups is 1. The predicted molar refractivity (Wildman–Crippen MR) is 107 cm³/mol. The molecular formula is C20H18N4O3. The molecule has 0 atom stereocenters. The zero-order valence-electron chi connectivity index (χ0n) is 14.6. The van der Waals surface area contributed by atoms with E-state index >= 15 is 0 Å². The largest absolute Gasteiger partial charge is 0.356 e. The van der Waals surface area contributed by atoms with E-state index in [4.69, 9.17) is 0 Å². The van der Waals surface area contributed by atoms with Crippen molar-refractivity contribution in [2.45, 2.75) is 6.92 Å². The number of nitrogens with zero attached hydrogens (tertiary/aromatic N) is 1. The monoisotopic (exact) mass is 362 g/mol. The maximum absolute atomic E-state index is 12.2. The van der Waals surface area contributed by atoms with Crippen LogP contribution in [0.25, 0.3) is 0 Å². The molecule has 0 spiro atoms. The summed E-state index contributed by atoms with van der Waals surface area (Å²) in [5.41, 5.74) is 3.15. The fourth-order valence-electron chi connectivity index (χ4n) is 2.51. The lowest BCUT2D eigenvalue weighted by molar-refractivity contribution is -0.384. The molecule has 3 rings (SSSR count). The molecule has 0 radical (unpaired) electrons. The van der Waals surface area contributed by atoms with E-state index in [0.717, 1.165) is 16.9 Å². The van der Waals surface area contributed by atoms with Gasteiger partial charge in [-0.2, -0.15) is 0 Å². The molecule has 3 N–H and O–H groups in total. The Morgan fingerprint density at radius 1 is 0.852 bits per heavy atom. The molecule has 136 valence electrons. The molecule has 0 fully saturated rings. The van der Waals surface area contributed by atoms with Crippen LogP contribution < -0.4 is 16.0 Å². The molecular weight excluding hydrogens is 344 g/mol. The van der Waals surface area contributed by atoms with Gasteiger partial charge in [-0.05, 0) is 55.0 Å². The average molecular weight is 362 g/mol. The van der Waals surface area contributed by atoms with Gasteiger partial charge in [0.1, 0.15) is 5.69 Å². The first-order valence-electron chi connectivity index (χ1n) is 8.26. The highest BCUT2D eigenvalue weighted by Gasteiger charge is 2.15. The molecule has 0 aromatic heterocycles. The van der Waals surface area contributed by atoms with Crippen LogP contribution >= 0.6 is 0 Å². The van der Waals surface area contributed by atoms with Crippen LogP contribution in [0.4, 0.5) is 33.2 Å². The number of hydrogen-bond acceptors (Lipinski definition) is 4. The minimum atomic E-state index is -0.550. The molecule has 0 saturated heterocycles. The lowest BCUT2D eigenvalue weighted by atomic mass is 10.2. The Morgan fingerprint density at radius 3 is 2.15 bits per heavy atom. The molecule has 7 nitrogen and oxygen atoms in total. The zero-order chi connectivity index (χ0) is 19.2. The van der Waals surface area contributed by atoms with Gasteiger partial charge in [0.05, 0.1) is 4.92 Å². The van der Waals surface area contributed by atoms with Gasteiger partial charge in [-0.3, -0.25) is 10.1 Å². The van der Waals surface area contributed by atoms with Gasteiger partial charge >= 0.3 is 6.03 Å². The van der Waals surface area contributed by atoms with Gasteiger partial charge in [0, 0.05) is 23.1 Å². The fraction of sp³-hybridized carbons (Fsp3) is 0.0500. The van der Waals surface area contributed by atoms with Crippen LogP contribution in [0.15, 0.2) is 72.8 Å². The minimum absolute atomic E-state index is 0.144. The number of rotatable bonds is 5. The molecule has 0 heterocycles. The lowest BCUT2D eigenvalue weighted by Crippen LogP contribution is -2.20. The third kappa shape index (κ3) is 4.82. The maximum Gasteiger partial charge on any atom is 0.323 e. The van der Waals surface area contributed by atoms with Crippen LogP contribution in [0.3, 0.4) is 0 Å². The number of carbonyl (C=O) groups is 1. The van der Waals surface area contributed by atoms with E-state index in [2.05, 4.69) is 16.0 Å². The van der Waals surface area contributed by atoms with Crippen molar-refractivity contribution in [3.8, 4) is 0 Å². The Balaban J connectivity index is 1.64. The summed E-state index contributed by atoms with van der Waals surface area (Å²) in [6, 6.07) is 20.9. The van der Waals surface area contributed by atoms with E-state index < -0.39 is 11.0 Å². The molecule has 0 bridgehead atoms. The highest BCUT2D eigenvalue weighted by molar-refractivity contribution is 6.01. The third-order valence-corrected chi connectivity index (χ3v) is 3.80. The normalized spacial score (nSPS) is 10.1. The summed E-state index contributed by atoms with van der Waals surface area (Å²) in [4.78, 5) is 22.8. The SMILES string of the molecule is Cc1ccc(NC(=O)Nc2ccc(Nc3ccccc3)cc2)c([N+](=O)[O-])c1. The number of nitro groups is 1. The van der Waals surface area contributed by atoms with Gasteiger partial charge in [0.2, 0.25) is 0 Å². The number of hydrogen-bond donors (Lipinski definition) is 3. The first kappa shape index (κ1) is 17.9. The number of para-hydroxylation sites is 1. The van der Waals surface area contributed by atoms with Crippen LogP contribution in [0.1, 0.15) is 5.56 Å². The Bertz CT molecular complexity index is 957. The molecule has 3 aromatic carbocycles. The quantitative estimate of drug-likeness (QED) is 0.424. The van der Waals surface area contributed by atoms with E-state index in [1.54, 1.807) is 25.1 Å². The predicted octanol–water partition coefficient (Wildman–Crippen LogP) is 5.29. The van der Waals surface area contributed by atoms with Crippen LogP contribution in [0.2, 0.25) is 0 Å². The second kappa shape index (κ2) is 8.01. The van der Waals surface area contributed by atoms with Gasteiger partial charge < -0.3 is 16.0 Å². The minimum Gasteiger partial charge on any atom is -0.356 e. The topological polar surface area (TPSA) is 96.3 Å². The zero-order valence-corrected chi connectivity index (χ0v) is 14.6. The highest BCUT2D eigenvalue weighted by Crippen LogP contribution is 2.25. The van der Waals surface area contributed by atoms with Crippen molar-refractivity contribution in [1.29, 1.82) is 0 Å². The fourth-order valence-corrected chi connectivity index (χ4v) is 2.51. The Hall–Kier alpha value is -3.87. The van der Waals surface area contributed by atoms with Crippen LogP contribution in [0, 0.1) is 17.0 Å². The molecule has 7 heteroatoms. The molecule has 3 aromatic rings. The molecule has 0 aliphatic carbocycles. The number of nitro benzene ring substituents is 1. The van der Waals surface area contributed by atoms with E-state index in [1.165, 1.54) is 12.1 Å². The van der Waals surface area contributed by atoms with Crippen LogP contribution in [-0.2, 0) is 0 Å². The molecule has 0 unspecified atom stereocenters. The van der Waals surface area contributed by atoms with Gasteiger partial charge in [-0.1, -0.05) is 24.3 Å². The molecule has 0 saturated carbocycles. The van der Waals surface area contributed by atoms with E-state index in [-0.39, 0.29) is 11.4 Å². The molecule has 27 heavy (non-hydrogen) atoms. The molecule has 0 aliphatic heterocycles. The summed E-state index contributed by atoms with van der Waals surface area (Å²) >= 11 is 0. The summed E-state index contributed by atoms with van der Waals surface area (Å²) in [7, 11) is 0. The van der Waals surface area contributed by atoms with E-state index in [9.17, 15) is 14.9 Å².